The number of rotatable bonds is 5. The number of nitrogens with zero attached hydrogens (tertiary/aromatic N) is 1. The molecule has 0 fully saturated rings. The van der Waals surface area contributed by atoms with Crippen LogP contribution < -0.4 is 5.32 Å². The second-order valence-corrected chi connectivity index (χ2v) is 4.83. The fourth-order valence-electron chi connectivity index (χ4n) is 2.08. The highest BCUT2D eigenvalue weighted by Crippen LogP contribution is 2.26. The van der Waals surface area contributed by atoms with E-state index in [0.29, 0.717) is 6.42 Å². The van der Waals surface area contributed by atoms with Crippen LogP contribution in [0.2, 0.25) is 0 Å². The molecule has 0 bridgehead atoms. The van der Waals surface area contributed by atoms with E-state index in [2.05, 4.69) is 5.32 Å². The summed E-state index contributed by atoms with van der Waals surface area (Å²) in [6.07, 6.45) is 0.620. The van der Waals surface area contributed by atoms with E-state index < -0.39 is 10.7 Å². The lowest BCUT2D eigenvalue weighted by Crippen LogP contribution is -2.18. The third-order valence-corrected chi connectivity index (χ3v) is 3.04. The number of hydrogen-bond acceptors (Lipinski definition) is 4. The van der Waals surface area contributed by atoms with E-state index in [1.807, 2.05) is 6.92 Å². The van der Waals surface area contributed by atoms with Gasteiger partial charge in [-0.3, -0.25) is 10.1 Å². The summed E-state index contributed by atoms with van der Waals surface area (Å²) in [6.45, 7) is 1.87. The van der Waals surface area contributed by atoms with Gasteiger partial charge in [0.1, 0.15) is 17.3 Å². The van der Waals surface area contributed by atoms with Crippen LogP contribution in [0.25, 0.3) is 0 Å². The summed E-state index contributed by atoms with van der Waals surface area (Å²) < 4.78 is 13.1. The molecule has 21 heavy (non-hydrogen) atoms. The Hall–Kier alpha value is -2.63. The van der Waals surface area contributed by atoms with E-state index >= 15 is 0 Å². The van der Waals surface area contributed by atoms with Gasteiger partial charge in [0, 0.05) is 6.04 Å². The number of phenolic OH excluding ortho intramolecular Hbond substituents is 1. The Morgan fingerprint density at radius 3 is 2.57 bits per heavy atom. The van der Waals surface area contributed by atoms with Crippen LogP contribution in [0.15, 0.2) is 42.5 Å². The molecule has 0 heterocycles. The molecule has 0 amide bonds. The van der Waals surface area contributed by atoms with Crippen LogP contribution in [0.5, 0.6) is 5.75 Å². The van der Waals surface area contributed by atoms with Crippen molar-refractivity contribution in [2.45, 2.75) is 19.4 Å². The van der Waals surface area contributed by atoms with Crippen molar-refractivity contribution in [3.05, 3.63) is 64.0 Å². The fraction of sp³-hybridized carbons (Fsp3) is 0.200. The molecule has 0 aliphatic rings. The van der Waals surface area contributed by atoms with Crippen LogP contribution >= 0.6 is 0 Å². The maximum atomic E-state index is 13.1. The average molecular weight is 290 g/mol. The smallest absolute Gasteiger partial charge is 0.295 e. The number of aromatic hydroxyl groups is 1. The molecule has 0 saturated heterocycles. The number of nitro benzene ring substituents is 1. The monoisotopic (exact) mass is 290 g/mol. The first-order valence-electron chi connectivity index (χ1n) is 6.44. The summed E-state index contributed by atoms with van der Waals surface area (Å²) in [5, 5.41) is 23.2. The minimum absolute atomic E-state index is 0.0845. The highest BCUT2D eigenvalue weighted by molar-refractivity contribution is 5.61. The molecular weight excluding hydrogens is 275 g/mol. The predicted octanol–water partition coefficient (Wildman–Crippen LogP) is 3.48. The highest BCUT2D eigenvalue weighted by atomic mass is 19.1. The van der Waals surface area contributed by atoms with E-state index in [1.54, 1.807) is 24.3 Å². The first-order chi connectivity index (χ1) is 9.95. The van der Waals surface area contributed by atoms with Crippen LogP contribution in [0.4, 0.5) is 15.8 Å². The molecule has 0 aromatic heterocycles. The third kappa shape index (κ3) is 3.92. The quantitative estimate of drug-likeness (QED) is 0.653. The normalized spacial score (nSPS) is 11.9. The SMILES string of the molecule is CC(Cc1ccc(O)cc1)Nc1ccc(F)cc1[N+](=O)[O-]. The first-order valence-corrected chi connectivity index (χ1v) is 6.44. The molecule has 1 unspecified atom stereocenters. The maximum absolute atomic E-state index is 13.1. The Kier molecular flexibility index (Phi) is 4.37. The summed E-state index contributed by atoms with van der Waals surface area (Å²) in [6, 6.07) is 10.1. The lowest BCUT2D eigenvalue weighted by atomic mass is 10.1. The van der Waals surface area contributed by atoms with Crippen molar-refractivity contribution in [1.82, 2.24) is 0 Å². The molecule has 110 valence electrons. The van der Waals surface area contributed by atoms with Gasteiger partial charge in [-0.05, 0) is 43.2 Å². The predicted molar refractivity (Wildman–Crippen MR) is 77.9 cm³/mol. The van der Waals surface area contributed by atoms with Gasteiger partial charge >= 0.3 is 0 Å². The standard InChI is InChI=1S/C15H15FN2O3/c1-10(8-11-2-5-13(19)6-3-11)17-14-7-4-12(16)9-15(14)18(20)21/h2-7,9-10,17,19H,8H2,1H3. The number of anilines is 1. The van der Waals surface area contributed by atoms with E-state index in [9.17, 15) is 19.6 Å². The lowest BCUT2D eigenvalue weighted by molar-refractivity contribution is -0.384. The first kappa shape index (κ1) is 14.8. The Bertz CT molecular complexity index is 644. The second-order valence-electron chi connectivity index (χ2n) is 4.83. The molecule has 2 aromatic carbocycles. The molecule has 0 spiro atoms. The number of nitrogens with one attached hydrogen (secondary N) is 1. The number of benzene rings is 2. The zero-order chi connectivity index (χ0) is 15.4. The Labute approximate surface area is 121 Å². The van der Waals surface area contributed by atoms with Gasteiger partial charge in [0.05, 0.1) is 11.0 Å². The number of nitro groups is 1. The molecule has 0 aliphatic heterocycles. The largest absolute Gasteiger partial charge is 0.508 e. The minimum Gasteiger partial charge on any atom is -0.508 e. The van der Waals surface area contributed by atoms with Crippen LogP contribution in [0.1, 0.15) is 12.5 Å². The zero-order valence-corrected chi connectivity index (χ0v) is 11.4. The molecule has 5 nitrogen and oxygen atoms in total. The Morgan fingerprint density at radius 2 is 1.95 bits per heavy atom. The van der Waals surface area contributed by atoms with Gasteiger partial charge in [0.2, 0.25) is 0 Å². The summed E-state index contributed by atoms with van der Waals surface area (Å²) >= 11 is 0. The van der Waals surface area contributed by atoms with Gasteiger partial charge in [-0.15, -0.1) is 0 Å². The zero-order valence-electron chi connectivity index (χ0n) is 11.4. The van der Waals surface area contributed by atoms with Gasteiger partial charge in [-0.25, -0.2) is 4.39 Å². The minimum atomic E-state index is -0.640. The van der Waals surface area contributed by atoms with Crippen molar-refractivity contribution in [3.63, 3.8) is 0 Å². The lowest BCUT2D eigenvalue weighted by Gasteiger charge is -2.15. The van der Waals surface area contributed by atoms with Crippen LogP contribution in [0.3, 0.4) is 0 Å². The Morgan fingerprint density at radius 1 is 1.29 bits per heavy atom. The third-order valence-electron chi connectivity index (χ3n) is 3.04. The van der Waals surface area contributed by atoms with Crippen LogP contribution in [0, 0.1) is 15.9 Å². The summed E-state index contributed by atoms with van der Waals surface area (Å²) in [7, 11) is 0. The fourth-order valence-corrected chi connectivity index (χ4v) is 2.08. The number of phenols is 1. The topological polar surface area (TPSA) is 75.4 Å². The summed E-state index contributed by atoms with van der Waals surface area (Å²) in [4.78, 5) is 10.3. The highest BCUT2D eigenvalue weighted by Gasteiger charge is 2.16. The van der Waals surface area contributed by atoms with Gasteiger partial charge in [0.15, 0.2) is 0 Å². The van der Waals surface area contributed by atoms with Crippen molar-refractivity contribution in [2.24, 2.45) is 0 Å². The van der Waals surface area contributed by atoms with Gasteiger partial charge < -0.3 is 10.4 Å². The molecule has 2 aromatic rings. The molecule has 2 rings (SSSR count). The molecule has 0 aliphatic carbocycles. The summed E-state index contributed by atoms with van der Waals surface area (Å²) in [5.74, 6) is -0.452. The van der Waals surface area contributed by atoms with Crippen molar-refractivity contribution in [2.75, 3.05) is 5.32 Å². The van der Waals surface area contributed by atoms with Gasteiger partial charge in [-0.2, -0.15) is 0 Å². The summed E-state index contributed by atoms with van der Waals surface area (Å²) in [5.41, 5.74) is 0.984. The second kappa shape index (κ2) is 6.21. The van der Waals surface area contributed by atoms with E-state index in [-0.39, 0.29) is 23.2 Å². The van der Waals surface area contributed by atoms with Gasteiger partial charge in [-0.1, -0.05) is 12.1 Å². The van der Waals surface area contributed by atoms with Gasteiger partial charge in [0.25, 0.3) is 5.69 Å². The van der Waals surface area contributed by atoms with E-state index in [4.69, 9.17) is 0 Å². The molecule has 6 heteroatoms. The van der Waals surface area contributed by atoms with Crippen LogP contribution in [-0.4, -0.2) is 16.1 Å². The molecule has 2 N–H and O–H groups in total. The van der Waals surface area contributed by atoms with Crippen molar-refractivity contribution < 1.29 is 14.4 Å². The van der Waals surface area contributed by atoms with E-state index in [1.165, 1.54) is 12.1 Å². The Balaban J connectivity index is 2.10. The average Bonchev–Trinajstić information content (AvgIpc) is 2.43. The number of halogens is 1. The van der Waals surface area contributed by atoms with Crippen molar-refractivity contribution in [1.29, 1.82) is 0 Å². The van der Waals surface area contributed by atoms with E-state index in [0.717, 1.165) is 11.6 Å². The molecule has 1 atom stereocenters. The molecular formula is C15H15FN2O3. The van der Waals surface area contributed by atoms with Crippen molar-refractivity contribution in [3.8, 4) is 5.75 Å². The maximum Gasteiger partial charge on any atom is 0.295 e. The molecule has 0 radical (unpaired) electrons. The van der Waals surface area contributed by atoms with Crippen molar-refractivity contribution >= 4 is 11.4 Å². The van der Waals surface area contributed by atoms with Crippen LogP contribution in [-0.2, 0) is 6.42 Å². The molecule has 0 saturated carbocycles. The number of hydrogen-bond donors (Lipinski definition) is 2.